The number of rotatable bonds is 13. The van der Waals surface area contributed by atoms with Crippen molar-refractivity contribution in [1.82, 2.24) is 15.6 Å². The van der Waals surface area contributed by atoms with Gasteiger partial charge in [-0.2, -0.15) is 15.8 Å². The first kappa shape index (κ1) is 34.9. The number of alkyl carbamates (subject to hydrolysis) is 1. The number of carbonyl (C=O) groups is 3. The van der Waals surface area contributed by atoms with Gasteiger partial charge in [0.25, 0.3) is 5.91 Å². The van der Waals surface area contributed by atoms with Crippen LogP contribution in [0.15, 0.2) is 53.6 Å². The van der Waals surface area contributed by atoms with Crippen molar-refractivity contribution in [3.05, 3.63) is 70.8 Å². The van der Waals surface area contributed by atoms with Crippen LogP contribution >= 0.6 is 11.8 Å². The van der Waals surface area contributed by atoms with Crippen molar-refractivity contribution in [2.75, 3.05) is 19.4 Å². The van der Waals surface area contributed by atoms with Gasteiger partial charge in [-0.3, -0.25) is 9.59 Å². The number of benzene rings is 2. The van der Waals surface area contributed by atoms with Crippen LogP contribution in [0.3, 0.4) is 0 Å². The number of ether oxygens (including phenoxy) is 2. The lowest BCUT2D eigenvalue weighted by molar-refractivity contribution is -0.120. The maximum atomic E-state index is 12.4. The lowest BCUT2D eigenvalue weighted by Gasteiger charge is -2.19. The highest BCUT2D eigenvalue weighted by Crippen LogP contribution is 2.37. The molecule has 1 aromatic heterocycles. The summed E-state index contributed by atoms with van der Waals surface area (Å²) in [5.41, 5.74) is 7.41. The van der Waals surface area contributed by atoms with Crippen LogP contribution in [-0.4, -0.2) is 48.1 Å². The molecule has 0 spiro atoms. The monoisotopic (exact) mass is 639 g/mol. The van der Waals surface area contributed by atoms with Gasteiger partial charge in [0, 0.05) is 30.3 Å². The molecular formula is C33H33N7O5S. The molecule has 13 heteroatoms. The third-order valence-corrected chi connectivity index (χ3v) is 7.67. The number of amides is 2. The molecule has 2 aromatic carbocycles. The van der Waals surface area contributed by atoms with Crippen LogP contribution in [0.25, 0.3) is 11.1 Å². The standard InChI is InChI=1S/C33H33N7O5S/c1-20(39-32(43)45-33(2,3)19-36)27(41)9-6-14-44-24-12-10-22(11-13-24)28-25(16-34)29(37)40-31(26(28)17-35)46-18-21-7-5-8-23(15-21)30(42)38-4/h5,7-8,10-13,15,20H,6,9,14,18H2,1-4H3,(H2,37,40)(H,38,42)(H,39,43)/t20-/m0/s1. The molecule has 2 amide bonds. The number of ketones is 1. The number of thioether (sulfide) groups is 1. The highest BCUT2D eigenvalue weighted by atomic mass is 32.2. The van der Waals surface area contributed by atoms with E-state index in [0.29, 0.717) is 39.6 Å². The molecule has 236 valence electrons. The fourth-order valence-electron chi connectivity index (χ4n) is 4.20. The van der Waals surface area contributed by atoms with Crippen molar-refractivity contribution in [2.24, 2.45) is 0 Å². The van der Waals surface area contributed by atoms with E-state index < -0.39 is 17.7 Å². The van der Waals surface area contributed by atoms with E-state index in [1.54, 1.807) is 49.5 Å². The molecule has 46 heavy (non-hydrogen) atoms. The molecule has 3 rings (SSSR count). The first-order valence-corrected chi connectivity index (χ1v) is 15.2. The first-order chi connectivity index (χ1) is 21.9. The Hall–Kier alpha value is -5.58. The van der Waals surface area contributed by atoms with Crippen LogP contribution in [-0.2, 0) is 15.3 Å². The molecule has 0 saturated heterocycles. The minimum absolute atomic E-state index is 0.00568. The molecule has 0 saturated carbocycles. The van der Waals surface area contributed by atoms with Crippen molar-refractivity contribution in [2.45, 2.75) is 56.0 Å². The third-order valence-electron chi connectivity index (χ3n) is 6.62. The van der Waals surface area contributed by atoms with Crippen molar-refractivity contribution >= 4 is 35.4 Å². The van der Waals surface area contributed by atoms with Gasteiger partial charge >= 0.3 is 6.09 Å². The predicted molar refractivity (Wildman–Crippen MR) is 171 cm³/mol. The normalized spacial score (nSPS) is 11.2. The number of anilines is 1. The lowest BCUT2D eigenvalue weighted by atomic mass is 9.97. The summed E-state index contributed by atoms with van der Waals surface area (Å²) in [5, 5.41) is 34.3. The molecule has 1 heterocycles. The zero-order valence-electron chi connectivity index (χ0n) is 25.8. The molecule has 12 nitrogen and oxygen atoms in total. The van der Waals surface area contributed by atoms with E-state index in [4.69, 9.17) is 20.5 Å². The largest absolute Gasteiger partial charge is 0.494 e. The van der Waals surface area contributed by atoms with Crippen LogP contribution in [0.5, 0.6) is 5.75 Å². The molecule has 0 bridgehead atoms. The van der Waals surface area contributed by atoms with E-state index in [-0.39, 0.29) is 41.7 Å². The molecule has 0 aliphatic rings. The second-order valence-corrected chi connectivity index (χ2v) is 11.5. The van der Waals surface area contributed by atoms with Gasteiger partial charge in [0.05, 0.1) is 18.2 Å². The number of pyridine rings is 1. The van der Waals surface area contributed by atoms with Gasteiger partial charge in [0.2, 0.25) is 0 Å². The highest BCUT2D eigenvalue weighted by molar-refractivity contribution is 7.98. The van der Waals surface area contributed by atoms with E-state index in [0.717, 1.165) is 5.56 Å². The summed E-state index contributed by atoms with van der Waals surface area (Å²) in [6.45, 7) is 4.64. The highest BCUT2D eigenvalue weighted by Gasteiger charge is 2.25. The van der Waals surface area contributed by atoms with E-state index in [1.165, 1.54) is 32.5 Å². The van der Waals surface area contributed by atoms with Crippen LogP contribution in [0.1, 0.15) is 60.7 Å². The summed E-state index contributed by atoms with van der Waals surface area (Å²) in [5.74, 6) is 0.479. The number of nitrogens with two attached hydrogens (primary N) is 1. The smallest absolute Gasteiger partial charge is 0.409 e. The Morgan fingerprint density at radius 3 is 2.39 bits per heavy atom. The average molecular weight is 640 g/mol. The van der Waals surface area contributed by atoms with Crippen LogP contribution in [0, 0.1) is 34.0 Å². The molecule has 0 unspecified atom stereocenters. The number of aromatic nitrogens is 1. The predicted octanol–water partition coefficient (Wildman–Crippen LogP) is 4.87. The molecular weight excluding hydrogens is 606 g/mol. The molecule has 0 aliphatic carbocycles. The van der Waals surface area contributed by atoms with Crippen LogP contribution in [0.4, 0.5) is 10.6 Å². The van der Waals surface area contributed by atoms with Gasteiger partial charge in [-0.05, 0) is 62.6 Å². The molecule has 0 fully saturated rings. The minimum Gasteiger partial charge on any atom is -0.494 e. The lowest BCUT2D eigenvalue weighted by Crippen LogP contribution is -2.42. The number of hydrogen-bond acceptors (Lipinski definition) is 11. The van der Waals surface area contributed by atoms with Crippen molar-refractivity contribution in [1.29, 1.82) is 15.8 Å². The summed E-state index contributed by atoms with van der Waals surface area (Å²) in [4.78, 5) is 40.7. The van der Waals surface area contributed by atoms with Crippen molar-refractivity contribution < 1.29 is 23.9 Å². The third kappa shape index (κ3) is 9.21. The zero-order chi connectivity index (χ0) is 33.9. The Morgan fingerprint density at radius 2 is 1.76 bits per heavy atom. The van der Waals surface area contributed by atoms with E-state index >= 15 is 0 Å². The number of hydrogen-bond donors (Lipinski definition) is 3. The van der Waals surface area contributed by atoms with Gasteiger partial charge in [0.15, 0.2) is 11.4 Å². The number of nitriles is 3. The maximum Gasteiger partial charge on any atom is 0.409 e. The Morgan fingerprint density at radius 1 is 1.07 bits per heavy atom. The van der Waals surface area contributed by atoms with Crippen LogP contribution < -0.4 is 21.1 Å². The summed E-state index contributed by atoms with van der Waals surface area (Å²) < 4.78 is 10.7. The zero-order valence-corrected chi connectivity index (χ0v) is 26.7. The summed E-state index contributed by atoms with van der Waals surface area (Å²) in [7, 11) is 1.56. The number of nitrogen functional groups attached to an aromatic ring is 1. The average Bonchev–Trinajstić information content (AvgIpc) is 3.04. The Labute approximate surface area is 271 Å². The summed E-state index contributed by atoms with van der Waals surface area (Å²) in [6, 6.07) is 19.2. The van der Waals surface area contributed by atoms with Gasteiger partial charge in [0.1, 0.15) is 40.4 Å². The second kappa shape index (κ2) is 15.9. The quantitative estimate of drug-likeness (QED) is 0.170. The summed E-state index contributed by atoms with van der Waals surface area (Å²) >= 11 is 1.27. The van der Waals surface area contributed by atoms with E-state index in [2.05, 4.69) is 27.8 Å². The van der Waals surface area contributed by atoms with E-state index in [1.807, 2.05) is 12.1 Å². The molecule has 0 aliphatic heterocycles. The first-order valence-electron chi connectivity index (χ1n) is 14.2. The topological polar surface area (TPSA) is 204 Å². The summed E-state index contributed by atoms with van der Waals surface area (Å²) in [6.07, 6.45) is -0.321. The van der Waals surface area contributed by atoms with Crippen molar-refractivity contribution in [3.63, 3.8) is 0 Å². The Kier molecular flexibility index (Phi) is 12.1. The number of Topliss-reactive ketones (excluding diaryl/α,β-unsaturated/α-hetero) is 1. The molecule has 1 atom stereocenters. The van der Waals surface area contributed by atoms with Gasteiger partial charge in [-0.25, -0.2) is 9.78 Å². The molecule has 0 radical (unpaired) electrons. The minimum atomic E-state index is -1.31. The van der Waals surface area contributed by atoms with Gasteiger partial charge in [-0.15, -0.1) is 11.8 Å². The fourth-order valence-corrected chi connectivity index (χ4v) is 5.14. The van der Waals surface area contributed by atoms with E-state index in [9.17, 15) is 24.9 Å². The number of nitrogens with one attached hydrogen (secondary N) is 2. The fraction of sp³-hybridized carbons (Fsp3) is 0.303. The molecule has 3 aromatic rings. The number of carbonyl (C=O) groups excluding carboxylic acids is 3. The van der Waals surface area contributed by atoms with Gasteiger partial charge in [-0.1, -0.05) is 24.3 Å². The molecule has 4 N–H and O–H groups in total. The SMILES string of the molecule is CNC(=O)c1cccc(CSc2nc(N)c(C#N)c(-c3ccc(OCCCC(=O)[C@H](C)NC(=O)OC(C)(C)C#N)cc3)c2C#N)c1. The second-order valence-electron chi connectivity index (χ2n) is 10.5. The van der Waals surface area contributed by atoms with Crippen molar-refractivity contribution in [3.8, 4) is 35.1 Å². The maximum absolute atomic E-state index is 12.4. The van der Waals surface area contributed by atoms with Gasteiger partial charge < -0.3 is 25.8 Å². The number of nitrogens with zero attached hydrogens (tertiary/aromatic N) is 4. The Balaban J connectivity index is 1.66. The Bertz CT molecular complexity index is 1740. The van der Waals surface area contributed by atoms with Crippen LogP contribution in [0.2, 0.25) is 0 Å².